The highest BCUT2D eigenvalue weighted by molar-refractivity contribution is 6.23. The summed E-state index contributed by atoms with van der Waals surface area (Å²) >= 11 is 0. The fourth-order valence-electron chi connectivity index (χ4n) is 0.871. The lowest BCUT2D eigenvalue weighted by Gasteiger charge is -1.99. The van der Waals surface area contributed by atoms with Crippen LogP contribution in [0.25, 0.3) is 0 Å². The van der Waals surface area contributed by atoms with Crippen molar-refractivity contribution < 1.29 is 14.3 Å². The highest BCUT2D eigenvalue weighted by Gasteiger charge is 1.95. The Labute approximate surface area is 82.2 Å². The Hall–Kier alpha value is -1.84. The van der Waals surface area contributed by atoms with Gasteiger partial charge in [-0.3, -0.25) is 0 Å². The van der Waals surface area contributed by atoms with Gasteiger partial charge in [0, 0.05) is 6.07 Å². The van der Waals surface area contributed by atoms with E-state index in [-0.39, 0.29) is 0 Å². The van der Waals surface area contributed by atoms with Crippen LogP contribution in [0.15, 0.2) is 29.3 Å². The monoisotopic (exact) mass is 193 g/mol. The third-order valence-electron chi connectivity index (χ3n) is 1.57. The molecule has 0 saturated carbocycles. The van der Waals surface area contributed by atoms with Gasteiger partial charge in [0.15, 0.2) is 0 Å². The summed E-state index contributed by atoms with van der Waals surface area (Å²) in [6.07, 6.45) is 1.12. The Morgan fingerprint density at radius 2 is 2.21 bits per heavy atom. The minimum Gasteiger partial charge on any atom is -0.497 e. The minimum atomic E-state index is -0.479. The molecule has 0 heterocycles. The van der Waals surface area contributed by atoms with Gasteiger partial charge in [-0.2, -0.15) is 0 Å². The lowest BCUT2D eigenvalue weighted by Crippen LogP contribution is -1.99. The largest absolute Gasteiger partial charge is 0.497 e. The number of hydrogen-bond donors (Lipinski definition) is 0. The number of aliphatic imine (C=N–C) groups is 1. The van der Waals surface area contributed by atoms with Crippen LogP contribution >= 0.6 is 0 Å². The van der Waals surface area contributed by atoms with E-state index in [9.17, 15) is 4.79 Å². The maximum Gasteiger partial charge on any atom is 0.349 e. The van der Waals surface area contributed by atoms with E-state index in [1.165, 1.54) is 7.11 Å². The summed E-state index contributed by atoms with van der Waals surface area (Å²) in [5.74, 6) is 0.220. The fraction of sp³-hybridized carbons (Fsp3) is 0.200. The third kappa shape index (κ3) is 2.90. The van der Waals surface area contributed by atoms with E-state index in [0.29, 0.717) is 11.4 Å². The average Bonchev–Trinajstić information content (AvgIpc) is 2.26. The van der Waals surface area contributed by atoms with E-state index in [1.54, 1.807) is 31.4 Å². The van der Waals surface area contributed by atoms with Crippen LogP contribution in [-0.2, 0) is 9.53 Å². The zero-order valence-corrected chi connectivity index (χ0v) is 8.06. The average molecular weight is 193 g/mol. The lowest BCUT2D eigenvalue weighted by atomic mass is 10.3. The number of ether oxygens (including phenoxy) is 2. The predicted octanol–water partition coefficient (Wildman–Crippen LogP) is 1.57. The molecular formula is C10H11NO3. The Morgan fingerprint density at radius 3 is 2.86 bits per heavy atom. The van der Waals surface area contributed by atoms with E-state index in [0.717, 1.165) is 6.21 Å². The normalized spacial score (nSPS) is 10.1. The number of nitrogens with zero attached hydrogens (tertiary/aromatic N) is 1. The number of benzene rings is 1. The maximum atomic E-state index is 10.7. The molecule has 4 nitrogen and oxygen atoms in total. The van der Waals surface area contributed by atoms with Crippen molar-refractivity contribution in [3.63, 3.8) is 0 Å². The van der Waals surface area contributed by atoms with Crippen LogP contribution in [0.5, 0.6) is 5.75 Å². The smallest absolute Gasteiger partial charge is 0.349 e. The van der Waals surface area contributed by atoms with Gasteiger partial charge in [0.2, 0.25) is 0 Å². The van der Waals surface area contributed by atoms with Gasteiger partial charge in [-0.05, 0) is 12.1 Å². The summed E-state index contributed by atoms with van der Waals surface area (Å²) < 4.78 is 9.41. The number of methoxy groups -OCH3 is 2. The Bertz CT molecular complexity index is 347. The van der Waals surface area contributed by atoms with Gasteiger partial charge in [0.25, 0.3) is 0 Å². The van der Waals surface area contributed by atoms with Gasteiger partial charge in [-0.15, -0.1) is 0 Å². The van der Waals surface area contributed by atoms with Crippen LogP contribution in [0.2, 0.25) is 0 Å². The van der Waals surface area contributed by atoms with E-state index in [4.69, 9.17) is 4.74 Å². The van der Waals surface area contributed by atoms with Crippen molar-refractivity contribution in [2.45, 2.75) is 0 Å². The van der Waals surface area contributed by atoms with Crippen LogP contribution in [0.1, 0.15) is 0 Å². The van der Waals surface area contributed by atoms with Crippen molar-refractivity contribution in [2.75, 3.05) is 14.2 Å². The zero-order valence-electron chi connectivity index (χ0n) is 8.06. The van der Waals surface area contributed by atoms with Crippen molar-refractivity contribution in [3.8, 4) is 5.75 Å². The molecule has 1 rings (SSSR count). The number of carbonyl (C=O) groups excluding carboxylic acids is 1. The summed E-state index contributed by atoms with van der Waals surface area (Å²) in [6.45, 7) is 0. The van der Waals surface area contributed by atoms with E-state index in [1.807, 2.05) is 0 Å². The van der Waals surface area contributed by atoms with Crippen molar-refractivity contribution in [1.82, 2.24) is 0 Å². The first-order valence-electron chi connectivity index (χ1n) is 4.02. The van der Waals surface area contributed by atoms with Crippen LogP contribution in [0.3, 0.4) is 0 Å². The first kappa shape index (κ1) is 10.2. The van der Waals surface area contributed by atoms with Gasteiger partial charge >= 0.3 is 5.97 Å². The maximum absolute atomic E-state index is 10.7. The number of esters is 1. The van der Waals surface area contributed by atoms with Crippen molar-refractivity contribution in [2.24, 2.45) is 4.99 Å². The molecule has 0 N–H and O–H groups in total. The highest BCUT2D eigenvalue weighted by atomic mass is 16.5. The van der Waals surface area contributed by atoms with Gasteiger partial charge in [0.05, 0.1) is 19.9 Å². The Morgan fingerprint density at radius 1 is 1.43 bits per heavy atom. The van der Waals surface area contributed by atoms with Crippen molar-refractivity contribution in [3.05, 3.63) is 24.3 Å². The highest BCUT2D eigenvalue weighted by Crippen LogP contribution is 2.18. The van der Waals surface area contributed by atoms with Crippen LogP contribution in [0, 0.1) is 0 Å². The summed E-state index contributed by atoms with van der Waals surface area (Å²) in [5.41, 5.74) is 0.648. The van der Waals surface area contributed by atoms with E-state index < -0.39 is 5.97 Å². The molecule has 0 spiro atoms. The van der Waals surface area contributed by atoms with Gasteiger partial charge < -0.3 is 9.47 Å². The molecule has 0 aliphatic carbocycles. The first-order chi connectivity index (χ1) is 6.76. The third-order valence-corrected chi connectivity index (χ3v) is 1.57. The molecule has 0 bridgehead atoms. The van der Waals surface area contributed by atoms with Crippen LogP contribution < -0.4 is 4.74 Å². The van der Waals surface area contributed by atoms with E-state index in [2.05, 4.69) is 9.73 Å². The van der Waals surface area contributed by atoms with Gasteiger partial charge in [-0.1, -0.05) is 6.07 Å². The van der Waals surface area contributed by atoms with Crippen molar-refractivity contribution in [1.29, 1.82) is 0 Å². The molecule has 1 aromatic carbocycles. The minimum absolute atomic E-state index is 0.479. The quantitative estimate of drug-likeness (QED) is 0.540. The second-order valence-corrected chi connectivity index (χ2v) is 2.48. The standard InChI is InChI=1S/C10H11NO3/c1-13-9-5-3-4-8(6-9)11-7-10(12)14-2/h3-7H,1-2H3. The molecule has 74 valence electrons. The molecule has 0 amide bonds. The summed E-state index contributed by atoms with van der Waals surface area (Å²) in [4.78, 5) is 14.6. The van der Waals surface area contributed by atoms with Gasteiger partial charge in [0.1, 0.15) is 12.0 Å². The lowest BCUT2D eigenvalue weighted by molar-refractivity contribution is -0.132. The molecule has 1 aromatic rings. The van der Waals surface area contributed by atoms with Crippen molar-refractivity contribution >= 4 is 17.9 Å². The Kier molecular flexibility index (Phi) is 3.67. The number of rotatable bonds is 3. The predicted molar refractivity (Wildman–Crippen MR) is 53.2 cm³/mol. The van der Waals surface area contributed by atoms with E-state index >= 15 is 0 Å². The van der Waals surface area contributed by atoms with Gasteiger partial charge in [-0.25, -0.2) is 9.79 Å². The SMILES string of the molecule is COC(=O)C=Nc1cccc(OC)c1. The molecule has 14 heavy (non-hydrogen) atoms. The molecule has 0 aromatic heterocycles. The molecular weight excluding hydrogens is 182 g/mol. The molecule has 0 aliphatic heterocycles. The van der Waals surface area contributed by atoms with Crippen LogP contribution in [0.4, 0.5) is 5.69 Å². The first-order valence-corrected chi connectivity index (χ1v) is 4.02. The summed E-state index contributed by atoms with van der Waals surface area (Å²) in [5, 5.41) is 0. The molecule has 4 heteroatoms. The number of carbonyl (C=O) groups is 1. The second-order valence-electron chi connectivity index (χ2n) is 2.48. The fourth-order valence-corrected chi connectivity index (χ4v) is 0.871. The molecule has 0 fully saturated rings. The molecule has 0 unspecified atom stereocenters. The summed E-state index contributed by atoms with van der Waals surface area (Å²) in [6, 6.07) is 7.08. The number of hydrogen-bond acceptors (Lipinski definition) is 4. The van der Waals surface area contributed by atoms with Crippen LogP contribution in [-0.4, -0.2) is 26.4 Å². The Balaban J connectivity index is 2.76. The summed E-state index contributed by atoms with van der Waals surface area (Å²) in [7, 11) is 2.88. The second kappa shape index (κ2) is 5.01. The molecule has 0 saturated heterocycles. The zero-order chi connectivity index (χ0) is 10.4. The molecule has 0 radical (unpaired) electrons. The molecule has 0 atom stereocenters. The molecule has 0 aliphatic rings. The topological polar surface area (TPSA) is 47.9 Å².